The number of rotatable bonds is 7. The number of halogens is 2. The monoisotopic (exact) mass is 604 g/mol. The van der Waals surface area contributed by atoms with Gasteiger partial charge < -0.3 is 10.2 Å². The first-order chi connectivity index (χ1) is 21.3. The second-order valence-electron chi connectivity index (χ2n) is 12.0. The van der Waals surface area contributed by atoms with Gasteiger partial charge in [-0.15, -0.1) is 0 Å². The highest BCUT2D eigenvalue weighted by molar-refractivity contribution is 6.30. The predicted molar refractivity (Wildman–Crippen MR) is 169 cm³/mol. The molecule has 44 heavy (non-hydrogen) atoms. The lowest BCUT2D eigenvalue weighted by Crippen LogP contribution is -2.25. The summed E-state index contributed by atoms with van der Waals surface area (Å²) in [5, 5.41) is 24.8. The number of fused-ring (bicyclic) bond motifs is 4. The summed E-state index contributed by atoms with van der Waals surface area (Å²) in [4.78, 5) is 24.0. The Balaban J connectivity index is 1.38. The van der Waals surface area contributed by atoms with Gasteiger partial charge in [0.1, 0.15) is 5.82 Å². The zero-order valence-electron chi connectivity index (χ0n) is 23.9. The number of benzene rings is 4. The van der Waals surface area contributed by atoms with E-state index in [1.807, 2.05) is 24.3 Å². The highest BCUT2D eigenvalue weighted by Crippen LogP contribution is 2.44. The maximum atomic E-state index is 13.8. The lowest BCUT2D eigenvalue weighted by molar-refractivity contribution is 0.0695. The zero-order chi connectivity index (χ0) is 30.5. The molecule has 2 N–H and O–H groups in total. The van der Waals surface area contributed by atoms with Crippen LogP contribution in [0.5, 0.6) is 0 Å². The molecule has 4 aromatic rings. The van der Waals surface area contributed by atoms with Crippen molar-refractivity contribution < 1.29 is 24.2 Å². The third kappa shape index (κ3) is 5.26. The molecule has 7 rings (SSSR count). The molecule has 0 saturated heterocycles. The van der Waals surface area contributed by atoms with Gasteiger partial charge >= 0.3 is 11.9 Å². The molecule has 2 unspecified atom stereocenters. The standard InChI is InChI=1S/C38H30ClFO4/c39-27-10-15-29-25(19-27)18-26(20-34(22-5-6-22)23-7-11-28(40)12-8-23)36-30-13-4-21(16-24(30)9-14-31(29)36)17-35-32(37(41)42)2-1-3-33(35)38(43)44/h1-3,7-12,14-16,18-22,26H,4-6,13,17H2,(H,41,42)(H,43,44)/b34-20+. The summed E-state index contributed by atoms with van der Waals surface area (Å²) in [7, 11) is 0. The van der Waals surface area contributed by atoms with Crippen LogP contribution in [-0.2, 0) is 12.8 Å². The van der Waals surface area contributed by atoms with Gasteiger partial charge in [-0.3, -0.25) is 0 Å². The van der Waals surface area contributed by atoms with Crippen LogP contribution in [0.4, 0.5) is 4.39 Å². The van der Waals surface area contributed by atoms with E-state index in [1.165, 1.54) is 52.3 Å². The molecule has 220 valence electrons. The molecule has 1 fully saturated rings. The minimum Gasteiger partial charge on any atom is -0.478 e. The summed E-state index contributed by atoms with van der Waals surface area (Å²) in [6.45, 7) is 0. The Labute approximate surface area is 258 Å². The maximum absolute atomic E-state index is 13.8. The maximum Gasteiger partial charge on any atom is 0.335 e. The largest absolute Gasteiger partial charge is 0.478 e. The van der Waals surface area contributed by atoms with Crippen LogP contribution in [0, 0.1) is 28.1 Å². The van der Waals surface area contributed by atoms with Crippen LogP contribution in [-0.4, -0.2) is 22.2 Å². The van der Waals surface area contributed by atoms with Crippen LogP contribution in [0.15, 0.2) is 78.9 Å². The van der Waals surface area contributed by atoms with E-state index < -0.39 is 11.9 Å². The molecule has 4 nitrogen and oxygen atoms in total. The molecule has 0 amide bonds. The Hall–Kier alpha value is -4.48. The van der Waals surface area contributed by atoms with Gasteiger partial charge in [-0.1, -0.05) is 66.2 Å². The lowest BCUT2D eigenvalue weighted by atomic mass is 9.78. The number of carboxylic acids is 2. The summed E-state index contributed by atoms with van der Waals surface area (Å²) in [6.07, 6.45) is 10.9. The van der Waals surface area contributed by atoms with E-state index in [1.54, 1.807) is 0 Å². The third-order valence-electron chi connectivity index (χ3n) is 9.23. The van der Waals surface area contributed by atoms with Crippen LogP contribution in [0.1, 0.15) is 68.2 Å². The third-order valence-corrected chi connectivity index (χ3v) is 9.46. The van der Waals surface area contributed by atoms with E-state index >= 15 is 0 Å². The van der Waals surface area contributed by atoms with E-state index in [9.17, 15) is 24.2 Å². The van der Waals surface area contributed by atoms with Crippen LogP contribution in [0.3, 0.4) is 0 Å². The van der Waals surface area contributed by atoms with Crippen LogP contribution >= 0.6 is 11.6 Å². The van der Waals surface area contributed by atoms with Crippen LogP contribution < -0.4 is 10.4 Å². The van der Waals surface area contributed by atoms with Crippen LogP contribution in [0.25, 0.3) is 17.7 Å². The van der Waals surface area contributed by atoms with Crippen molar-refractivity contribution in [3.63, 3.8) is 0 Å². The van der Waals surface area contributed by atoms with E-state index in [0.29, 0.717) is 22.9 Å². The minimum absolute atomic E-state index is 0.00644. The number of carbonyl (C=O) groups is 2. The van der Waals surface area contributed by atoms with E-state index in [4.69, 9.17) is 11.6 Å². The lowest BCUT2D eigenvalue weighted by Gasteiger charge is -2.26. The van der Waals surface area contributed by atoms with Crippen LogP contribution in [0.2, 0.25) is 5.02 Å². The Bertz CT molecular complexity index is 2060. The Kier molecular flexibility index (Phi) is 7.22. The molecule has 0 spiro atoms. The Morgan fingerprint density at radius 2 is 1.55 bits per heavy atom. The molecular weight excluding hydrogens is 575 g/mol. The molecule has 3 aliphatic rings. The first-order valence-corrected chi connectivity index (χ1v) is 15.4. The fourth-order valence-corrected chi connectivity index (χ4v) is 7.23. The second kappa shape index (κ2) is 11.2. The summed E-state index contributed by atoms with van der Waals surface area (Å²) in [6, 6.07) is 21.5. The number of allylic oxidation sites excluding steroid dienone is 2. The van der Waals surface area contributed by atoms with Crippen molar-refractivity contribution in [1.29, 1.82) is 0 Å². The molecule has 0 aliphatic heterocycles. The van der Waals surface area contributed by atoms with Crippen molar-refractivity contribution in [2.45, 2.75) is 38.0 Å². The Morgan fingerprint density at radius 3 is 2.23 bits per heavy atom. The highest BCUT2D eigenvalue weighted by atomic mass is 35.5. The molecule has 6 heteroatoms. The molecule has 2 atom stereocenters. The quantitative estimate of drug-likeness (QED) is 0.236. The topological polar surface area (TPSA) is 74.6 Å². The van der Waals surface area contributed by atoms with E-state index in [-0.39, 0.29) is 28.8 Å². The van der Waals surface area contributed by atoms with E-state index in [2.05, 4.69) is 36.4 Å². The number of aromatic carboxylic acids is 2. The van der Waals surface area contributed by atoms with Crippen molar-refractivity contribution in [3.05, 3.63) is 144 Å². The first-order valence-electron chi connectivity index (χ1n) is 15.0. The molecule has 3 aliphatic carbocycles. The molecular formula is C38H30ClFO4. The summed E-state index contributed by atoms with van der Waals surface area (Å²) >= 11 is 6.44. The number of hydrogen-bond donors (Lipinski definition) is 2. The smallest absolute Gasteiger partial charge is 0.335 e. The van der Waals surface area contributed by atoms with Gasteiger partial charge in [-0.25, -0.2) is 14.0 Å². The van der Waals surface area contributed by atoms with Crippen molar-refractivity contribution in [2.75, 3.05) is 0 Å². The van der Waals surface area contributed by atoms with Gasteiger partial charge in [0.25, 0.3) is 0 Å². The van der Waals surface area contributed by atoms with Gasteiger partial charge in [0.05, 0.1) is 11.1 Å². The van der Waals surface area contributed by atoms with Crippen molar-refractivity contribution in [1.82, 2.24) is 0 Å². The van der Waals surface area contributed by atoms with Crippen molar-refractivity contribution in [3.8, 4) is 0 Å². The normalized spacial score (nSPS) is 18.7. The fraction of sp³-hybridized carbons (Fsp3) is 0.211. The molecule has 1 saturated carbocycles. The highest BCUT2D eigenvalue weighted by Gasteiger charge is 2.30. The Morgan fingerprint density at radius 1 is 0.841 bits per heavy atom. The molecule has 0 radical (unpaired) electrons. The fourth-order valence-electron chi connectivity index (χ4n) is 7.05. The van der Waals surface area contributed by atoms with Gasteiger partial charge in [0.2, 0.25) is 0 Å². The van der Waals surface area contributed by atoms with Crippen molar-refractivity contribution in [2.24, 2.45) is 11.8 Å². The van der Waals surface area contributed by atoms with Gasteiger partial charge in [0, 0.05) is 10.9 Å². The summed E-state index contributed by atoms with van der Waals surface area (Å²) in [5.41, 5.74) is 5.24. The molecule has 0 aromatic heterocycles. The summed E-state index contributed by atoms with van der Waals surface area (Å²) < 4.78 is 13.8. The minimum atomic E-state index is -1.12. The van der Waals surface area contributed by atoms with Crippen molar-refractivity contribution >= 4 is 41.3 Å². The molecule has 4 aromatic carbocycles. The average molecular weight is 605 g/mol. The number of hydrogen-bond acceptors (Lipinski definition) is 2. The number of carboxylic acid groups (broad SMARTS) is 2. The van der Waals surface area contributed by atoms with E-state index in [0.717, 1.165) is 46.9 Å². The van der Waals surface area contributed by atoms with Gasteiger partial charge in [-0.2, -0.15) is 0 Å². The predicted octanol–water partition coefficient (Wildman–Crippen LogP) is 7.12. The average Bonchev–Trinajstić information content (AvgIpc) is 3.85. The molecule has 0 heterocycles. The first kappa shape index (κ1) is 28.3. The molecule has 0 bridgehead atoms. The second-order valence-corrected chi connectivity index (χ2v) is 12.5. The SMILES string of the molecule is O=C(O)c1cccc(C(=O)O)c1CC1C=c2ccc3c(c2CC1)C(/C=C(/c1ccc(F)cc1)C1CC1)C=c1cc(Cl)ccc1=3. The van der Waals surface area contributed by atoms with Gasteiger partial charge in [-0.05, 0) is 129 Å². The zero-order valence-corrected chi connectivity index (χ0v) is 24.7. The summed E-state index contributed by atoms with van der Waals surface area (Å²) in [5.74, 6) is -2.06. The van der Waals surface area contributed by atoms with Gasteiger partial charge in [0.15, 0.2) is 0 Å².